The molecule has 0 spiro atoms. The molecule has 1 N–H and O–H groups in total. The lowest BCUT2D eigenvalue weighted by Gasteiger charge is -2.29. The van der Waals surface area contributed by atoms with Crippen molar-refractivity contribution in [1.29, 1.82) is 0 Å². The van der Waals surface area contributed by atoms with Crippen molar-refractivity contribution >= 4 is 5.97 Å². The molecule has 0 aliphatic carbocycles. The minimum Gasteiger partial charge on any atom is -0.463 e. The van der Waals surface area contributed by atoms with E-state index in [1.807, 2.05) is 25.1 Å². The topological polar surface area (TPSA) is 47.6 Å². The van der Waals surface area contributed by atoms with Crippen molar-refractivity contribution in [3.05, 3.63) is 47.2 Å². The maximum Gasteiger partial charge on any atom is 0.338 e. The number of hydrogen-bond acceptors (Lipinski definition) is 4. The number of carbonyl (C=O) groups is 1. The van der Waals surface area contributed by atoms with Gasteiger partial charge in [0.1, 0.15) is 0 Å². The van der Waals surface area contributed by atoms with E-state index in [9.17, 15) is 4.79 Å². The van der Waals surface area contributed by atoms with Gasteiger partial charge in [0.25, 0.3) is 0 Å². The highest BCUT2D eigenvalue weighted by molar-refractivity contribution is 5.90. The van der Waals surface area contributed by atoms with Gasteiger partial charge in [-0.3, -0.25) is 0 Å². The molecule has 1 aromatic carbocycles. The molecule has 2 aliphatic heterocycles. The van der Waals surface area contributed by atoms with Crippen LogP contribution in [0.15, 0.2) is 41.6 Å². The maximum absolute atomic E-state index is 12.3. The Bertz CT molecular complexity index is 567. The van der Waals surface area contributed by atoms with E-state index in [-0.39, 0.29) is 24.2 Å². The third-order valence-electron chi connectivity index (χ3n) is 4.37. The number of fused-ring (bicyclic) bond motifs is 2. The lowest BCUT2D eigenvalue weighted by Crippen LogP contribution is -2.33. The highest BCUT2D eigenvalue weighted by Gasteiger charge is 2.39. The molecule has 2 aliphatic rings. The van der Waals surface area contributed by atoms with Gasteiger partial charge in [0.2, 0.25) is 0 Å². The number of rotatable bonds is 5. The zero-order valence-electron chi connectivity index (χ0n) is 13.2. The molecule has 1 fully saturated rings. The molecule has 1 saturated heterocycles. The van der Waals surface area contributed by atoms with Crippen molar-refractivity contribution in [3.8, 4) is 0 Å². The van der Waals surface area contributed by atoms with Crippen LogP contribution in [0.5, 0.6) is 0 Å². The van der Waals surface area contributed by atoms with Gasteiger partial charge in [0, 0.05) is 18.2 Å². The summed E-state index contributed by atoms with van der Waals surface area (Å²) in [6.07, 6.45) is 2.81. The quantitative estimate of drug-likeness (QED) is 0.849. The van der Waals surface area contributed by atoms with Gasteiger partial charge in [-0.1, -0.05) is 30.3 Å². The first-order valence-corrected chi connectivity index (χ1v) is 8.06. The SMILES string of the molecule is CCOC(=O)C1=C(N[C@@H](C)c2ccccc2)CC2CCC1O2. The van der Waals surface area contributed by atoms with Crippen molar-refractivity contribution in [2.75, 3.05) is 6.61 Å². The van der Waals surface area contributed by atoms with Crippen molar-refractivity contribution in [2.45, 2.75) is 51.4 Å². The Hall–Kier alpha value is -1.81. The summed E-state index contributed by atoms with van der Waals surface area (Å²) in [7, 11) is 0. The zero-order chi connectivity index (χ0) is 15.5. The lowest BCUT2D eigenvalue weighted by molar-refractivity contribution is -0.140. The van der Waals surface area contributed by atoms with E-state index < -0.39 is 0 Å². The second-order valence-electron chi connectivity index (χ2n) is 5.92. The molecule has 2 heterocycles. The second-order valence-corrected chi connectivity index (χ2v) is 5.92. The first kappa shape index (κ1) is 15.1. The summed E-state index contributed by atoms with van der Waals surface area (Å²) in [6.45, 7) is 4.34. The summed E-state index contributed by atoms with van der Waals surface area (Å²) >= 11 is 0. The van der Waals surface area contributed by atoms with Gasteiger partial charge in [-0.15, -0.1) is 0 Å². The lowest BCUT2D eigenvalue weighted by atomic mass is 10.0. The number of carbonyl (C=O) groups excluding carboxylic acids is 1. The van der Waals surface area contributed by atoms with Crippen LogP contribution in [0, 0.1) is 0 Å². The Balaban J connectivity index is 1.84. The van der Waals surface area contributed by atoms with Crippen LogP contribution in [0.3, 0.4) is 0 Å². The Morgan fingerprint density at radius 3 is 2.86 bits per heavy atom. The number of hydrogen-bond donors (Lipinski definition) is 1. The van der Waals surface area contributed by atoms with E-state index in [0.717, 1.165) is 25.0 Å². The molecule has 2 unspecified atom stereocenters. The average molecular weight is 301 g/mol. The van der Waals surface area contributed by atoms with Crippen molar-refractivity contribution in [2.24, 2.45) is 0 Å². The minimum atomic E-state index is -0.240. The largest absolute Gasteiger partial charge is 0.463 e. The van der Waals surface area contributed by atoms with Crippen molar-refractivity contribution in [1.82, 2.24) is 5.32 Å². The molecule has 0 aromatic heterocycles. The molecule has 4 nitrogen and oxygen atoms in total. The molecule has 0 saturated carbocycles. The van der Waals surface area contributed by atoms with Gasteiger partial charge in [0.15, 0.2) is 0 Å². The Morgan fingerprint density at radius 2 is 2.14 bits per heavy atom. The van der Waals surface area contributed by atoms with Crippen LogP contribution in [-0.2, 0) is 14.3 Å². The number of nitrogens with one attached hydrogen (secondary N) is 1. The molecule has 118 valence electrons. The molecule has 1 aromatic rings. The van der Waals surface area contributed by atoms with Gasteiger partial charge in [-0.05, 0) is 32.3 Å². The first-order valence-electron chi connectivity index (χ1n) is 8.06. The van der Waals surface area contributed by atoms with Gasteiger partial charge in [-0.25, -0.2) is 4.79 Å². The number of esters is 1. The van der Waals surface area contributed by atoms with E-state index in [0.29, 0.717) is 12.2 Å². The summed E-state index contributed by atoms with van der Waals surface area (Å²) in [6, 6.07) is 10.4. The maximum atomic E-state index is 12.3. The van der Waals surface area contributed by atoms with E-state index in [1.165, 1.54) is 5.56 Å². The van der Waals surface area contributed by atoms with Gasteiger partial charge >= 0.3 is 5.97 Å². The molecule has 3 rings (SSSR count). The van der Waals surface area contributed by atoms with Gasteiger partial charge in [0.05, 0.1) is 24.4 Å². The highest BCUT2D eigenvalue weighted by atomic mass is 16.5. The molecular weight excluding hydrogens is 278 g/mol. The summed E-state index contributed by atoms with van der Waals surface area (Å²) in [5, 5.41) is 3.52. The van der Waals surface area contributed by atoms with E-state index >= 15 is 0 Å². The van der Waals surface area contributed by atoms with Crippen LogP contribution in [0.2, 0.25) is 0 Å². The molecule has 2 bridgehead atoms. The predicted molar refractivity (Wildman–Crippen MR) is 84.2 cm³/mol. The van der Waals surface area contributed by atoms with Crippen molar-refractivity contribution in [3.63, 3.8) is 0 Å². The van der Waals surface area contributed by atoms with Crippen LogP contribution in [0.1, 0.15) is 44.7 Å². The van der Waals surface area contributed by atoms with Gasteiger partial charge < -0.3 is 14.8 Å². The Morgan fingerprint density at radius 1 is 1.36 bits per heavy atom. The fourth-order valence-electron chi connectivity index (χ4n) is 3.29. The predicted octanol–water partition coefficient (Wildman–Crippen LogP) is 3.11. The first-order chi connectivity index (χ1) is 10.7. The van der Waals surface area contributed by atoms with Crippen LogP contribution in [0.25, 0.3) is 0 Å². The molecule has 4 heteroatoms. The third kappa shape index (κ3) is 3.02. The summed E-state index contributed by atoms with van der Waals surface area (Å²) < 4.78 is 11.1. The fourth-order valence-corrected chi connectivity index (χ4v) is 3.29. The smallest absolute Gasteiger partial charge is 0.338 e. The van der Waals surface area contributed by atoms with Crippen LogP contribution >= 0.6 is 0 Å². The second kappa shape index (κ2) is 6.53. The van der Waals surface area contributed by atoms with E-state index in [4.69, 9.17) is 9.47 Å². The molecule has 0 radical (unpaired) electrons. The van der Waals surface area contributed by atoms with Crippen LogP contribution < -0.4 is 5.32 Å². The normalized spacial score (nSPS) is 25.0. The van der Waals surface area contributed by atoms with E-state index in [1.54, 1.807) is 0 Å². The molecular formula is C18H23NO3. The Kier molecular flexibility index (Phi) is 4.48. The molecule has 3 atom stereocenters. The standard InChI is InChI=1S/C18H23NO3/c1-3-21-18(20)17-15(11-14-9-10-16(17)22-14)19-12(2)13-7-5-4-6-8-13/h4-8,12,14,16,19H,3,9-11H2,1-2H3/t12-,14?,16?/m0/s1. The van der Waals surface area contributed by atoms with Crippen LogP contribution in [-0.4, -0.2) is 24.8 Å². The monoisotopic (exact) mass is 301 g/mol. The number of benzene rings is 1. The van der Waals surface area contributed by atoms with Gasteiger partial charge in [-0.2, -0.15) is 0 Å². The number of ether oxygens (including phenoxy) is 2. The fraction of sp³-hybridized carbons (Fsp3) is 0.500. The average Bonchev–Trinajstić information content (AvgIpc) is 2.90. The van der Waals surface area contributed by atoms with E-state index in [2.05, 4.69) is 24.4 Å². The zero-order valence-corrected chi connectivity index (χ0v) is 13.2. The Labute approximate surface area is 131 Å². The molecule has 22 heavy (non-hydrogen) atoms. The third-order valence-corrected chi connectivity index (χ3v) is 4.37. The minimum absolute atomic E-state index is 0.108. The summed E-state index contributed by atoms with van der Waals surface area (Å²) in [5.41, 5.74) is 2.89. The highest BCUT2D eigenvalue weighted by Crippen LogP contribution is 2.37. The molecule has 0 amide bonds. The summed E-state index contributed by atoms with van der Waals surface area (Å²) in [5.74, 6) is -0.240. The van der Waals surface area contributed by atoms with Crippen LogP contribution in [0.4, 0.5) is 0 Å². The van der Waals surface area contributed by atoms with Crippen molar-refractivity contribution < 1.29 is 14.3 Å². The summed E-state index contributed by atoms with van der Waals surface area (Å²) in [4.78, 5) is 12.3.